The van der Waals surface area contributed by atoms with Crippen LogP contribution < -0.4 is 5.32 Å². The van der Waals surface area contributed by atoms with Crippen LogP contribution >= 0.6 is 0 Å². The molecule has 0 atom stereocenters. The highest BCUT2D eigenvalue weighted by Gasteiger charge is 2.14. The highest BCUT2D eigenvalue weighted by Crippen LogP contribution is 2.25. The van der Waals surface area contributed by atoms with E-state index in [1.54, 1.807) is 6.92 Å². The van der Waals surface area contributed by atoms with Gasteiger partial charge in [0, 0.05) is 12.6 Å². The Morgan fingerprint density at radius 2 is 2.32 bits per heavy atom. The fourth-order valence-corrected chi connectivity index (χ4v) is 1.43. The van der Waals surface area contributed by atoms with Crippen molar-refractivity contribution in [2.24, 2.45) is 0 Å². The number of anilines is 1. The summed E-state index contributed by atoms with van der Waals surface area (Å²) < 4.78 is 4.74. The SMILES string of the molecule is CCOC(=O)CCNc1ccc(C#N)cc1[N+](=O)[O-]. The van der Waals surface area contributed by atoms with E-state index in [0.29, 0.717) is 6.61 Å². The number of rotatable bonds is 6. The zero-order valence-corrected chi connectivity index (χ0v) is 10.4. The van der Waals surface area contributed by atoms with E-state index in [4.69, 9.17) is 10.00 Å². The second kappa shape index (κ2) is 6.96. The lowest BCUT2D eigenvalue weighted by Gasteiger charge is -2.07. The fourth-order valence-electron chi connectivity index (χ4n) is 1.43. The van der Waals surface area contributed by atoms with Gasteiger partial charge < -0.3 is 10.1 Å². The average Bonchev–Trinajstić information content (AvgIpc) is 2.39. The number of hydrogen-bond donors (Lipinski definition) is 1. The van der Waals surface area contributed by atoms with Gasteiger partial charge in [0.05, 0.1) is 29.6 Å². The van der Waals surface area contributed by atoms with Gasteiger partial charge in [-0.3, -0.25) is 14.9 Å². The van der Waals surface area contributed by atoms with Crippen molar-refractivity contribution in [3.05, 3.63) is 33.9 Å². The molecule has 100 valence electrons. The Hall–Kier alpha value is -2.62. The topological polar surface area (TPSA) is 105 Å². The molecule has 0 saturated carbocycles. The van der Waals surface area contributed by atoms with Crippen molar-refractivity contribution in [3.63, 3.8) is 0 Å². The van der Waals surface area contributed by atoms with E-state index in [1.807, 2.05) is 6.07 Å². The first-order valence-electron chi connectivity index (χ1n) is 5.66. The Bertz CT molecular complexity index is 522. The number of esters is 1. The molecule has 7 nitrogen and oxygen atoms in total. The number of hydrogen-bond acceptors (Lipinski definition) is 6. The Balaban J connectivity index is 2.70. The van der Waals surface area contributed by atoms with Gasteiger partial charge in [-0.1, -0.05) is 0 Å². The lowest BCUT2D eigenvalue weighted by Crippen LogP contribution is -2.12. The molecule has 1 rings (SSSR count). The Morgan fingerprint density at radius 3 is 2.89 bits per heavy atom. The number of nitro benzene ring substituents is 1. The van der Waals surface area contributed by atoms with E-state index in [1.165, 1.54) is 18.2 Å². The monoisotopic (exact) mass is 263 g/mol. The van der Waals surface area contributed by atoms with Gasteiger partial charge in [-0.2, -0.15) is 5.26 Å². The lowest BCUT2D eigenvalue weighted by atomic mass is 10.2. The third-order valence-electron chi connectivity index (χ3n) is 2.27. The van der Waals surface area contributed by atoms with E-state index in [-0.39, 0.29) is 35.9 Å². The predicted molar refractivity (Wildman–Crippen MR) is 67.6 cm³/mol. The molecule has 1 aromatic carbocycles. The molecule has 0 aromatic heterocycles. The molecule has 0 heterocycles. The second-order valence-electron chi connectivity index (χ2n) is 3.58. The van der Waals surface area contributed by atoms with E-state index in [0.717, 1.165) is 0 Å². The molecule has 0 fully saturated rings. The lowest BCUT2D eigenvalue weighted by molar-refractivity contribution is -0.384. The first kappa shape index (κ1) is 14.4. The average molecular weight is 263 g/mol. The molecule has 19 heavy (non-hydrogen) atoms. The van der Waals surface area contributed by atoms with Crippen LogP contribution in [-0.4, -0.2) is 24.0 Å². The van der Waals surface area contributed by atoms with Crippen LogP contribution in [0.1, 0.15) is 18.9 Å². The molecule has 0 unspecified atom stereocenters. The minimum absolute atomic E-state index is 0.116. The maximum atomic E-state index is 11.1. The van der Waals surface area contributed by atoms with Crippen molar-refractivity contribution in [3.8, 4) is 6.07 Å². The number of nitriles is 1. The third-order valence-corrected chi connectivity index (χ3v) is 2.27. The largest absolute Gasteiger partial charge is 0.466 e. The number of carbonyl (C=O) groups excluding carboxylic acids is 1. The molecule has 7 heteroatoms. The Kier molecular flexibility index (Phi) is 5.29. The molecule has 0 amide bonds. The smallest absolute Gasteiger partial charge is 0.307 e. The van der Waals surface area contributed by atoms with E-state index < -0.39 is 4.92 Å². The highest BCUT2D eigenvalue weighted by molar-refractivity contribution is 5.71. The zero-order valence-electron chi connectivity index (χ0n) is 10.4. The summed E-state index contributed by atoms with van der Waals surface area (Å²) in [6.07, 6.45) is 0.116. The summed E-state index contributed by atoms with van der Waals surface area (Å²) in [4.78, 5) is 21.4. The summed E-state index contributed by atoms with van der Waals surface area (Å²) in [6.45, 7) is 2.23. The van der Waals surface area contributed by atoms with E-state index in [2.05, 4.69) is 5.32 Å². The summed E-state index contributed by atoms with van der Waals surface area (Å²) in [5.41, 5.74) is 0.291. The van der Waals surface area contributed by atoms with Crippen LogP contribution in [0.25, 0.3) is 0 Å². The van der Waals surface area contributed by atoms with E-state index in [9.17, 15) is 14.9 Å². The molecular formula is C12H13N3O4. The van der Waals surface area contributed by atoms with Gasteiger partial charge >= 0.3 is 5.97 Å². The third kappa shape index (κ3) is 4.27. The summed E-state index contributed by atoms with van der Waals surface area (Å²) in [5.74, 6) is -0.369. The number of carbonyl (C=O) groups is 1. The zero-order chi connectivity index (χ0) is 14.3. The van der Waals surface area contributed by atoms with Crippen LogP contribution in [-0.2, 0) is 9.53 Å². The normalized spacial score (nSPS) is 9.47. The van der Waals surface area contributed by atoms with Crippen LogP contribution in [0.15, 0.2) is 18.2 Å². The molecule has 0 bridgehead atoms. The van der Waals surface area contributed by atoms with Gasteiger partial charge in [0.15, 0.2) is 0 Å². The summed E-state index contributed by atoms with van der Waals surface area (Å²) in [5, 5.41) is 22.3. The van der Waals surface area contributed by atoms with Crippen molar-refractivity contribution >= 4 is 17.3 Å². The number of benzene rings is 1. The maximum absolute atomic E-state index is 11.1. The summed E-state index contributed by atoms with van der Waals surface area (Å²) >= 11 is 0. The van der Waals surface area contributed by atoms with E-state index >= 15 is 0 Å². The van der Waals surface area contributed by atoms with Crippen molar-refractivity contribution in [1.82, 2.24) is 0 Å². The number of ether oxygens (including phenoxy) is 1. The molecule has 0 saturated heterocycles. The fraction of sp³-hybridized carbons (Fsp3) is 0.333. The molecule has 1 aromatic rings. The van der Waals surface area contributed by atoms with Gasteiger partial charge in [0.25, 0.3) is 5.69 Å². The van der Waals surface area contributed by atoms with Crippen LogP contribution in [0.3, 0.4) is 0 Å². The van der Waals surface area contributed by atoms with Crippen molar-refractivity contribution in [1.29, 1.82) is 5.26 Å². The molecule has 0 aliphatic heterocycles. The Morgan fingerprint density at radius 1 is 1.58 bits per heavy atom. The summed E-state index contributed by atoms with van der Waals surface area (Å²) in [7, 11) is 0. The highest BCUT2D eigenvalue weighted by atomic mass is 16.6. The number of nitro groups is 1. The second-order valence-corrected chi connectivity index (χ2v) is 3.58. The molecular weight excluding hydrogens is 250 g/mol. The first-order chi connectivity index (χ1) is 9.08. The molecule has 1 N–H and O–H groups in total. The number of nitrogens with one attached hydrogen (secondary N) is 1. The van der Waals surface area contributed by atoms with Gasteiger partial charge in [-0.05, 0) is 19.1 Å². The van der Waals surface area contributed by atoms with Crippen molar-refractivity contribution in [2.75, 3.05) is 18.5 Å². The van der Waals surface area contributed by atoms with Crippen molar-refractivity contribution in [2.45, 2.75) is 13.3 Å². The minimum Gasteiger partial charge on any atom is -0.466 e. The Labute approximate surface area is 109 Å². The summed E-state index contributed by atoms with van der Waals surface area (Å²) in [6, 6.07) is 5.94. The van der Waals surface area contributed by atoms with Crippen LogP contribution in [0.5, 0.6) is 0 Å². The van der Waals surface area contributed by atoms with Crippen molar-refractivity contribution < 1.29 is 14.5 Å². The molecule has 0 aliphatic carbocycles. The first-order valence-corrected chi connectivity index (χ1v) is 5.66. The maximum Gasteiger partial charge on any atom is 0.307 e. The quantitative estimate of drug-likeness (QED) is 0.477. The van der Waals surface area contributed by atoms with Crippen LogP contribution in [0.2, 0.25) is 0 Å². The predicted octanol–water partition coefficient (Wildman–Crippen LogP) is 1.83. The van der Waals surface area contributed by atoms with Gasteiger partial charge in [0.2, 0.25) is 0 Å². The molecule has 0 spiro atoms. The van der Waals surface area contributed by atoms with Gasteiger partial charge in [0.1, 0.15) is 5.69 Å². The van der Waals surface area contributed by atoms with Gasteiger partial charge in [-0.15, -0.1) is 0 Å². The number of nitrogens with zero attached hydrogens (tertiary/aromatic N) is 2. The minimum atomic E-state index is -0.576. The van der Waals surface area contributed by atoms with Crippen LogP contribution in [0.4, 0.5) is 11.4 Å². The van der Waals surface area contributed by atoms with Crippen LogP contribution in [0, 0.1) is 21.4 Å². The van der Waals surface area contributed by atoms with Gasteiger partial charge in [-0.25, -0.2) is 0 Å². The standard InChI is InChI=1S/C12H13N3O4/c1-2-19-12(16)5-6-14-10-4-3-9(8-13)7-11(10)15(17)18/h3-4,7,14H,2,5-6H2,1H3. The molecule has 0 radical (unpaired) electrons. The molecule has 0 aliphatic rings.